The number of fused-ring (bicyclic) bond motifs is 1. The van der Waals surface area contributed by atoms with Gasteiger partial charge in [-0.2, -0.15) is 0 Å². The Morgan fingerprint density at radius 1 is 0.929 bits per heavy atom. The monoisotopic (exact) mass is 207 g/mol. The lowest BCUT2D eigenvalue weighted by molar-refractivity contribution is 0.152. The standard InChI is InChI=1S/C6HF4N3O/c7-1-2(8)4(10)6-5(3(1)9)11-12-13(6)14/h14H. The van der Waals surface area contributed by atoms with E-state index in [2.05, 4.69) is 10.3 Å². The first-order valence-corrected chi connectivity index (χ1v) is 3.30. The van der Waals surface area contributed by atoms with E-state index in [9.17, 15) is 17.6 Å². The van der Waals surface area contributed by atoms with Gasteiger partial charge in [-0.1, -0.05) is 4.85 Å². The average Bonchev–Trinajstić information content (AvgIpc) is 2.54. The molecule has 0 radical (unpaired) electrons. The molecule has 0 saturated heterocycles. The van der Waals surface area contributed by atoms with Gasteiger partial charge in [-0.25, -0.2) is 17.6 Å². The van der Waals surface area contributed by atoms with Crippen LogP contribution < -0.4 is 0 Å². The highest BCUT2D eigenvalue weighted by atomic mass is 19.2. The number of halogens is 4. The van der Waals surface area contributed by atoms with Crippen molar-refractivity contribution in [1.29, 1.82) is 0 Å². The Bertz CT molecular complexity index is 524. The highest BCUT2D eigenvalue weighted by molar-refractivity contribution is 5.75. The minimum Gasteiger partial charge on any atom is -0.410 e. The molecule has 0 aliphatic heterocycles. The molecule has 1 aromatic heterocycles. The van der Waals surface area contributed by atoms with Crippen LogP contribution in [0.1, 0.15) is 0 Å². The van der Waals surface area contributed by atoms with Crippen molar-refractivity contribution in [3.63, 3.8) is 0 Å². The average molecular weight is 207 g/mol. The van der Waals surface area contributed by atoms with Crippen molar-refractivity contribution >= 4 is 11.0 Å². The second-order valence-corrected chi connectivity index (χ2v) is 2.43. The van der Waals surface area contributed by atoms with Gasteiger partial charge in [0.15, 0.2) is 34.3 Å². The normalized spacial score (nSPS) is 11.1. The summed E-state index contributed by atoms with van der Waals surface area (Å²) in [5.74, 6) is -7.45. The minimum atomic E-state index is -2.02. The molecule has 0 aliphatic carbocycles. The van der Waals surface area contributed by atoms with Crippen molar-refractivity contribution in [2.75, 3.05) is 0 Å². The largest absolute Gasteiger partial charge is 0.410 e. The van der Waals surface area contributed by atoms with Crippen LogP contribution in [0.5, 0.6) is 0 Å². The molecule has 0 fully saturated rings. The fourth-order valence-electron chi connectivity index (χ4n) is 1.01. The Kier molecular flexibility index (Phi) is 1.60. The molecule has 2 aromatic rings. The molecule has 0 amide bonds. The first kappa shape index (κ1) is 8.73. The number of hydrogen-bond acceptors (Lipinski definition) is 3. The third-order valence-corrected chi connectivity index (χ3v) is 1.65. The van der Waals surface area contributed by atoms with E-state index in [4.69, 9.17) is 5.21 Å². The molecule has 4 nitrogen and oxygen atoms in total. The SMILES string of the molecule is On1nnc2c(F)c(F)c(F)c(F)c21. The molecule has 8 heteroatoms. The summed E-state index contributed by atoms with van der Waals surface area (Å²) in [6.07, 6.45) is 0. The minimum absolute atomic E-state index is 0.170. The Labute approximate surface area is 73.3 Å². The van der Waals surface area contributed by atoms with E-state index in [0.29, 0.717) is 0 Å². The van der Waals surface area contributed by atoms with Crippen molar-refractivity contribution in [1.82, 2.24) is 15.2 Å². The van der Waals surface area contributed by atoms with Crippen LogP contribution in [-0.2, 0) is 0 Å². The summed E-state index contributed by atoms with van der Waals surface area (Å²) in [6, 6.07) is 0. The summed E-state index contributed by atoms with van der Waals surface area (Å²) in [6.45, 7) is 0. The van der Waals surface area contributed by atoms with Crippen molar-refractivity contribution in [2.24, 2.45) is 0 Å². The van der Waals surface area contributed by atoms with E-state index in [-0.39, 0.29) is 4.85 Å². The maximum absolute atomic E-state index is 12.9. The van der Waals surface area contributed by atoms with Crippen LogP contribution in [0.3, 0.4) is 0 Å². The summed E-state index contributed by atoms with van der Waals surface area (Å²) < 4.78 is 50.9. The van der Waals surface area contributed by atoms with E-state index >= 15 is 0 Å². The van der Waals surface area contributed by atoms with Gasteiger partial charge in [-0.15, -0.1) is 5.10 Å². The number of rotatable bonds is 0. The lowest BCUT2D eigenvalue weighted by Gasteiger charge is -1.98. The maximum atomic E-state index is 12.9. The first-order valence-electron chi connectivity index (χ1n) is 3.30. The van der Waals surface area contributed by atoms with Crippen LogP contribution >= 0.6 is 0 Å². The van der Waals surface area contributed by atoms with Gasteiger partial charge in [-0.05, 0) is 5.21 Å². The van der Waals surface area contributed by atoms with Gasteiger partial charge in [0, 0.05) is 0 Å². The number of nitrogens with zero attached hydrogens (tertiary/aromatic N) is 3. The summed E-state index contributed by atoms with van der Waals surface area (Å²) in [4.78, 5) is -0.170. The quantitative estimate of drug-likeness (QED) is 0.306. The Balaban J connectivity index is 3.05. The topological polar surface area (TPSA) is 50.9 Å². The highest BCUT2D eigenvalue weighted by Gasteiger charge is 2.25. The molecule has 2 rings (SSSR count). The van der Waals surface area contributed by atoms with E-state index < -0.39 is 34.3 Å². The fraction of sp³-hybridized carbons (Fsp3) is 0. The molecule has 0 atom stereocenters. The van der Waals surface area contributed by atoms with Crippen LogP contribution in [0.15, 0.2) is 0 Å². The smallest absolute Gasteiger partial charge is 0.200 e. The third kappa shape index (κ3) is 0.874. The zero-order valence-electron chi connectivity index (χ0n) is 6.30. The molecule has 0 bridgehead atoms. The van der Waals surface area contributed by atoms with E-state index in [1.54, 1.807) is 0 Å². The second-order valence-electron chi connectivity index (χ2n) is 2.43. The zero-order chi connectivity index (χ0) is 10.5. The van der Waals surface area contributed by atoms with Crippen molar-refractivity contribution in [2.45, 2.75) is 0 Å². The van der Waals surface area contributed by atoms with Crippen LogP contribution in [0.2, 0.25) is 0 Å². The van der Waals surface area contributed by atoms with Gasteiger partial charge in [0.1, 0.15) is 0 Å². The van der Waals surface area contributed by atoms with E-state index in [1.165, 1.54) is 0 Å². The summed E-state index contributed by atoms with van der Waals surface area (Å²) in [5.41, 5.74) is -1.81. The van der Waals surface area contributed by atoms with Gasteiger partial charge < -0.3 is 5.21 Å². The predicted octanol–water partition coefficient (Wildman–Crippen LogP) is 1.22. The third-order valence-electron chi connectivity index (χ3n) is 1.65. The molecule has 0 saturated carbocycles. The number of hydrogen-bond donors (Lipinski definition) is 1. The van der Waals surface area contributed by atoms with Gasteiger partial charge in [-0.3, -0.25) is 0 Å². The molecular formula is C6HF4N3O. The van der Waals surface area contributed by atoms with Crippen LogP contribution in [0.25, 0.3) is 11.0 Å². The van der Waals surface area contributed by atoms with Gasteiger partial charge >= 0.3 is 0 Å². The summed E-state index contributed by atoms with van der Waals surface area (Å²) in [7, 11) is 0. The van der Waals surface area contributed by atoms with E-state index in [1.807, 2.05) is 0 Å². The van der Waals surface area contributed by atoms with Gasteiger partial charge in [0.05, 0.1) is 0 Å². The Morgan fingerprint density at radius 2 is 1.50 bits per heavy atom. The van der Waals surface area contributed by atoms with Gasteiger partial charge in [0.2, 0.25) is 0 Å². The van der Waals surface area contributed by atoms with Crippen molar-refractivity contribution in [3.8, 4) is 0 Å². The molecule has 1 N–H and O–H groups in total. The zero-order valence-corrected chi connectivity index (χ0v) is 6.30. The Hall–Kier alpha value is -1.86. The lowest BCUT2D eigenvalue weighted by atomic mass is 10.2. The highest BCUT2D eigenvalue weighted by Crippen LogP contribution is 2.23. The molecule has 74 valence electrons. The van der Waals surface area contributed by atoms with Crippen LogP contribution in [0, 0.1) is 23.3 Å². The molecule has 1 heterocycles. The Morgan fingerprint density at radius 3 is 2.14 bits per heavy atom. The van der Waals surface area contributed by atoms with Crippen molar-refractivity contribution in [3.05, 3.63) is 23.3 Å². The first-order chi connectivity index (χ1) is 6.54. The molecule has 0 aliphatic rings. The second kappa shape index (κ2) is 2.56. The number of aromatic nitrogens is 3. The van der Waals surface area contributed by atoms with E-state index in [0.717, 1.165) is 0 Å². The number of benzene rings is 1. The van der Waals surface area contributed by atoms with Crippen LogP contribution in [0.4, 0.5) is 17.6 Å². The molecular weight excluding hydrogens is 206 g/mol. The maximum Gasteiger partial charge on any atom is 0.200 e. The molecule has 1 aromatic carbocycles. The molecule has 0 unspecified atom stereocenters. The van der Waals surface area contributed by atoms with Crippen LogP contribution in [-0.4, -0.2) is 20.4 Å². The van der Waals surface area contributed by atoms with Gasteiger partial charge in [0.25, 0.3) is 0 Å². The predicted molar refractivity (Wildman–Crippen MR) is 34.5 cm³/mol. The molecule has 0 spiro atoms. The summed E-state index contributed by atoms with van der Waals surface area (Å²) in [5, 5.41) is 14.5. The fourth-order valence-corrected chi connectivity index (χ4v) is 1.01. The summed E-state index contributed by atoms with van der Waals surface area (Å²) >= 11 is 0. The molecule has 14 heavy (non-hydrogen) atoms. The lowest BCUT2D eigenvalue weighted by Crippen LogP contribution is -2.01. The van der Waals surface area contributed by atoms with Crippen molar-refractivity contribution < 1.29 is 22.8 Å².